The summed E-state index contributed by atoms with van der Waals surface area (Å²) in [7, 11) is 1.60. The molecule has 0 spiro atoms. The van der Waals surface area contributed by atoms with Crippen LogP contribution >= 0.6 is 0 Å². The maximum atomic E-state index is 13.0. The van der Waals surface area contributed by atoms with Gasteiger partial charge in [0.25, 0.3) is 5.91 Å². The van der Waals surface area contributed by atoms with Crippen molar-refractivity contribution in [1.82, 2.24) is 9.80 Å². The zero-order valence-corrected chi connectivity index (χ0v) is 15.4. The van der Waals surface area contributed by atoms with E-state index in [1.807, 2.05) is 13.0 Å². The highest BCUT2D eigenvalue weighted by atomic mass is 16.5. The number of likely N-dealkylation sites (tertiary alicyclic amines) is 2. The molecule has 6 heteroatoms. The summed E-state index contributed by atoms with van der Waals surface area (Å²) < 4.78 is 5.33. The van der Waals surface area contributed by atoms with Crippen LogP contribution < -0.4 is 4.74 Å². The Morgan fingerprint density at radius 3 is 2.73 bits per heavy atom. The number of carbonyl (C=O) groups is 2. The molecule has 0 aliphatic carbocycles. The molecule has 2 aliphatic rings. The normalized spacial score (nSPS) is 25.2. The predicted octanol–water partition coefficient (Wildman–Crippen LogP) is 1.90. The van der Waals surface area contributed by atoms with E-state index >= 15 is 0 Å². The summed E-state index contributed by atoms with van der Waals surface area (Å²) in [6, 6.07) is 5.35. The standard InChI is InChI=1S/C20H26N2O4/c1-4-6-14-9-15(7-8-17(14)26-3)18(23)22-11-16-10-21(5-2)12-20(16,13-22)19(24)25/h4,7-9,16H,1,5-6,10-13H2,2-3H3,(H,24,25)/t16-,20-/m0/s1. The Hall–Kier alpha value is -2.34. The second kappa shape index (κ2) is 7.11. The van der Waals surface area contributed by atoms with Crippen molar-refractivity contribution in [1.29, 1.82) is 0 Å². The Kier molecular flexibility index (Phi) is 5.05. The summed E-state index contributed by atoms with van der Waals surface area (Å²) in [6.07, 6.45) is 2.38. The molecule has 3 rings (SSSR count). The highest BCUT2D eigenvalue weighted by Gasteiger charge is 2.58. The van der Waals surface area contributed by atoms with Crippen molar-refractivity contribution in [2.45, 2.75) is 13.3 Å². The number of hydrogen-bond acceptors (Lipinski definition) is 4. The van der Waals surface area contributed by atoms with E-state index < -0.39 is 11.4 Å². The minimum atomic E-state index is -0.845. The molecular formula is C20H26N2O4. The summed E-state index contributed by atoms with van der Waals surface area (Å²) in [6.45, 7) is 8.62. The highest BCUT2D eigenvalue weighted by molar-refractivity contribution is 5.95. The van der Waals surface area contributed by atoms with Crippen molar-refractivity contribution in [2.75, 3.05) is 39.8 Å². The first-order valence-electron chi connectivity index (χ1n) is 8.98. The minimum Gasteiger partial charge on any atom is -0.496 e. The van der Waals surface area contributed by atoms with Crippen LogP contribution in [-0.2, 0) is 11.2 Å². The van der Waals surface area contributed by atoms with E-state index in [0.29, 0.717) is 25.1 Å². The molecule has 26 heavy (non-hydrogen) atoms. The maximum Gasteiger partial charge on any atom is 0.313 e. The fraction of sp³-hybridized carbons (Fsp3) is 0.500. The van der Waals surface area contributed by atoms with Crippen LogP contribution in [0.1, 0.15) is 22.8 Å². The topological polar surface area (TPSA) is 70.1 Å². The van der Waals surface area contributed by atoms with E-state index in [1.165, 1.54) is 0 Å². The Morgan fingerprint density at radius 2 is 2.15 bits per heavy atom. The number of ether oxygens (including phenoxy) is 1. The van der Waals surface area contributed by atoms with Gasteiger partial charge in [-0.05, 0) is 36.7 Å². The van der Waals surface area contributed by atoms with Crippen molar-refractivity contribution in [3.05, 3.63) is 42.0 Å². The number of nitrogens with zero attached hydrogens (tertiary/aromatic N) is 2. The lowest BCUT2D eigenvalue weighted by Gasteiger charge is -2.25. The minimum absolute atomic E-state index is 0.0187. The fourth-order valence-electron chi connectivity index (χ4n) is 4.28. The highest BCUT2D eigenvalue weighted by Crippen LogP contribution is 2.43. The largest absolute Gasteiger partial charge is 0.496 e. The molecule has 2 fully saturated rings. The van der Waals surface area contributed by atoms with E-state index in [9.17, 15) is 14.7 Å². The third kappa shape index (κ3) is 2.98. The van der Waals surface area contributed by atoms with Crippen LogP contribution in [0.4, 0.5) is 0 Å². The van der Waals surface area contributed by atoms with Gasteiger partial charge >= 0.3 is 5.97 Å². The lowest BCUT2D eigenvalue weighted by atomic mass is 9.81. The van der Waals surface area contributed by atoms with Crippen molar-refractivity contribution < 1.29 is 19.4 Å². The van der Waals surface area contributed by atoms with Gasteiger partial charge in [0.15, 0.2) is 0 Å². The van der Waals surface area contributed by atoms with Crippen LogP contribution in [0.5, 0.6) is 5.75 Å². The van der Waals surface area contributed by atoms with Gasteiger partial charge in [0.2, 0.25) is 0 Å². The number of hydrogen-bond donors (Lipinski definition) is 1. The molecule has 2 saturated heterocycles. The molecule has 1 aromatic rings. The second-order valence-corrected chi connectivity index (χ2v) is 7.19. The molecule has 0 radical (unpaired) electrons. The number of carbonyl (C=O) groups excluding carboxylic acids is 1. The van der Waals surface area contributed by atoms with Crippen molar-refractivity contribution in [3.8, 4) is 5.75 Å². The van der Waals surface area contributed by atoms with Crippen molar-refractivity contribution in [2.24, 2.45) is 11.3 Å². The summed E-state index contributed by atoms with van der Waals surface area (Å²) in [5.41, 5.74) is 0.621. The first-order chi connectivity index (χ1) is 12.4. The van der Waals surface area contributed by atoms with Gasteiger partial charge in [-0.3, -0.25) is 9.59 Å². The predicted molar refractivity (Wildman–Crippen MR) is 98.5 cm³/mol. The number of fused-ring (bicyclic) bond motifs is 1. The molecule has 2 aliphatic heterocycles. The number of carboxylic acids is 1. The van der Waals surface area contributed by atoms with Gasteiger partial charge in [-0.1, -0.05) is 13.0 Å². The quantitative estimate of drug-likeness (QED) is 0.787. The Morgan fingerprint density at radius 1 is 1.38 bits per heavy atom. The van der Waals surface area contributed by atoms with Gasteiger partial charge in [0.1, 0.15) is 11.2 Å². The van der Waals surface area contributed by atoms with Gasteiger partial charge in [-0.25, -0.2) is 0 Å². The zero-order valence-electron chi connectivity index (χ0n) is 15.4. The lowest BCUT2D eigenvalue weighted by molar-refractivity contribution is -0.148. The van der Waals surface area contributed by atoms with E-state index in [0.717, 1.165) is 24.4 Å². The maximum absolute atomic E-state index is 13.0. The van der Waals surface area contributed by atoms with Crippen molar-refractivity contribution in [3.63, 3.8) is 0 Å². The summed E-state index contributed by atoms with van der Waals surface area (Å²) >= 11 is 0. The second-order valence-electron chi connectivity index (χ2n) is 7.19. The van der Waals surface area contributed by atoms with Gasteiger partial charge in [-0.15, -0.1) is 6.58 Å². The molecule has 1 amide bonds. The average Bonchev–Trinajstić information content (AvgIpc) is 3.16. The van der Waals surface area contributed by atoms with E-state index in [2.05, 4.69) is 11.5 Å². The van der Waals surface area contributed by atoms with E-state index in [1.54, 1.807) is 30.2 Å². The Balaban J connectivity index is 1.83. The Bertz CT molecular complexity index is 733. The van der Waals surface area contributed by atoms with Gasteiger partial charge in [0.05, 0.1) is 7.11 Å². The van der Waals surface area contributed by atoms with Gasteiger partial charge in [0, 0.05) is 37.7 Å². The van der Waals surface area contributed by atoms with Crippen LogP contribution in [0.15, 0.2) is 30.9 Å². The molecule has 6 nitrogen and oxygen atoms in total. The van der Waals surface area contributed by atoms with E-state index in [4.69, 9.17) is 4.74 Å². The monoisotopic (exact) mass is 358 g/mol. The number of benzene rings is 1. The molecule has 2 heterocycles. The molecule has 0 bridgehead atoms. The van der Waals surface area contributed by atoms with Gasteiger partial charge < -0.3 is 19.6 Å². The van der Waals surface area contributed by atoms with Crippen LogP contribution in [0, 0.1) is 11.3 Å². The third-order valence-corrected chi connectivity index (χ3v) is 5.73. The van der Waals surface area contributed by atoms with Crippen molar-refractivity contribution >= 4 is 11.9 Å². The van der Waals surface area contributed by atoms with Crippen LogP contribution in [0.25, 0.3) is 0 Å². The summed E-state index contributed by atoms with van der Waals surface area (Å²) in [4.78, 5) is 28.9. The van der Waals surface area contributed by atoms with Crippen LogP contribution in [0.3, 0.4) is 0 Å². The fourth-order valence-corrected chi connectivity index (χ4v) is 4.28. The Labute approximate surface area is 154 Å². The number of aliphatic carboxylic acids is 1. The summed E-state index contributed by atoms with van der Waals surface area (Å²) in [5, 5.41) is 9.85. The van der Waals surface area contributed by atoms with Crippen LogP contribution in [-0.4, -0.2) is 66.6 Å². The molecule has 1 N–H and O–H groups in total. The van der Waals surface area contributed by atoms with Gasteiger partial charge in [-0.2, -0.15) is 0 Å². The number of methoxy groups -OCH3 is 1. The first kappa shape index (κ1) is 18.5. The molecule has 0 unspecified atom stereocenters. The van der Waals surface area contributed by atoms with E-state index in [-0.39, 0.29) is 18.4 Å². The number of carboxylic acid groups (broad SMARTS) is 1. The lowest BCUT2D eigenvalue weighted by Crippen LogP contribution is -2.42. The molecule has 0 aromatic heterocycles. The molecule has 2 atom stereocenters. The molecule has 0 saturated carbocycles. The summed E-state index contributed by atoms with van der Waals surface area (Å²) in [5.74, 6) is -0.206. The molecular weight excluding hydrogens is 332 g/mol. The molecule has 140 valence electrons. The smallest absolute Gasteiger partial charge is 0.313 e. The number of amides is 1. The zero-order chi connectivity index (χ0) is 18.9. The third-order valence-electron chi connectivity index (χ3n) is 5.73. The first-order valence-corrected chi connectivity index (χ1v) is 8.98. The number of allylic oxidation sites excluding steroid dienone is 1. The SMILES string of the molecule is C=CCc1cc(C(=O)N2C[C@@H]3CN(CC)C[C@]3(C(=O)O)C2)ccc1OC. The number of rotatable bonds is 6. The molecule has 1 aromatic carbocycles. The average molecular weight is 358 g/mol. The van der Waals surface area contributed by atoms with Crippen LogP contribution in [0.2, 0.25) is 0 Å².